The summed E-state index contributed by atoms with van der Waals surface area (Å²) in [4.78, 5) is 20.0. The molecule has 0 unspecified atom stereocenters. The van der Waals surface area contributed by atoms with Crippen LogP contribution in [0.4, 0.5) is 18.9 Å². The molecule has 0 saturated carbocycles. The average Bonchev–Trinajstić information content (AvgIpc) is 2.99. The molecule has 0 aliphatic carbocycles. The lowest BCUT2D eigenvalue weighted by atomic mass is 10.0. The van der Waals surface area contributed by atoms with Gasteiger partial charge in [-0.25, -0.2) is 0 Å². The fourth-order valence-electron chi connectivity index (χ4n) is 4.01. The predicted octanol–water partition coefficient (Wildman–Crippen LogP) is 5.31. The first-order chi connectivity index (χ1) is 16.5. The Bertz CT molecular complexity index is 1350. The van der Waals surface area contributed by atoms with E-state index in [4.69, 9.17) is 22.2 Å². The highest BCUT2D eigenvalue weighted by atomic mass is 32.1. The van der Waals surface area contributed by atoms with Crippen LogP contribution in [0.1, 0.15) is 31.4 Å². The van der Waals surface area contributed by atoms with E-state index >= 15 is 0 Å². The van der Waals surface area contributed by atoms with E-state index in [-0.39, 0.29) is 10.8 Å². The topological polar surface area (TPSA) is 69.5 Å². The van der Waals surface area contributed by atoms with E-state index < -0.39 is 28.7 Å². The summed E-state index contributed by atoms with van der Waals surface area (Å²) in [5, 5.41) is 11.1. The summed E-state index contributed by atoms with van der Waals surface area (Å²) >= 11 is 5.50. The molecule has 35 heavy (non-hydrogen) atoms. The van der Waals surface area contributed by atoms with E-state index in [1.54, 1.807) is 37.2 Å². The van der Waals surface area contributed by atoms with E-state index in [1.165, 1.54) is 6.07 Å². The van der Waals surface area contributed by atoms with Gasteiger partial charge in [0.15, 0.2) is 5.11 Å². The fourth-order valence-corrected chi connectivity index (χ4v) is 4.52. The van der Waals surface area contributed by atoms with Crippen molar-refractivity contribution in [1.82, 2.24) is 9.88 Å². The summed E-state index contributed by atoms with van der Waals surface area (Å²) in [6.07, 6.45) is -0.745. The Hall–Kier alpha value is -3.71. The van der Waals surface area contributed by atoms with E-state index in [2.05, 4.69) is 4.98 Å². The Morgan fingerprint density at radius 1 is 1.14 bits per heavy atom. The van der Waals surface area contributed by atoms with Crippen molar-refractivity contribution < 1.29 is 22.7 Å². The maximum absolute atomic E-state index is 13.4. The Morgan fingerprint density at radius 2 is 1.91 bits per heavy atom. The van der Waals surface area contributed by atoms with Crippen LogP contribution in [-0.4, -0.2) is 39.6 Å². The molecule has 1 aromatic heterocycles. The average molecular weight is 499 g/mol. The van der Waals surface area contributed by atoms with Gasteiger partial charge in [-0.05, 0) is 74.3 Å². The molecule has 4 rings (SSSR count). The number of pyridine rings is 1. The van der Waals surface area contributed by atoms with E-state index in [0.29, 0.717) is 25.3 Å². The van der Waals surface area contributed by atoms with Crippen molar-refractivity contribution in [2.24, 2.45) is 0 Å². The molecule has 10 heteroatoms. The molecule has 3 aromatic rings. The number of halogens is 3. The first kappa shape index (κ1) is 24.4. The molecular formula is C25H21F3N4O2S. The van der Waals surface area contributed by atoms with Crippen LogP contribution in [-0.2, 0) is 11.0 Å². The molecule has 0 N–H and O–H groups in total. The first-order valence-electron chi connectivity index (χ1n) is 10.8. The molecule has 1 amide bonds. The lowest BCUT2D eigenvalue weighted by molar-refractivity contribution is -0.137. The molecule has 0 spiro atoms. The molecule has 1 fully saturated rings. The quantitative estimate of drug-likeness (QED) is 0.339. The van der Waals surface area contributed by atoms with Gasteiger partial charge in [0.2, 0.25) is 0 Å². The van der Waals surface area contributed by atoms with Crippen LogP contribution in [0.3, 0.4) is 0 Å². The number of carbonyl (C=O) groups excluding carboxylic acids is 1. The molecular weight excluding hydrogens is 477 g/mol. The number of nitrogens with zero attached hydrogens (tertiary/aromatic N) is 4. The van der Waals surface area contributed by atoms with Crippen LogP contribution in [0.2, 0.25) is 0 Å². The third-order valence-electron chi connectivity index (χ3n) is 5.92. The third kappa shape index (κ3) is 4.64. The number of carbonyl (C=O) groups is 1. The number of amides is 1. The van der Waals surface area contributed by atoms with Crippen LogP contribution in [0.25, 0.3) is 10.8 Å². The highest BCUT2D eigenvalue weighted by Gasteiger charge is 2.49. The maximum atomic E-state index is 13.4. The second kappa shape index (κ2) is 9.15. The molecule has 0 radical (unpaired) electrons. The SMILES string of the molecule is CC1(C)C(=O)N(c2ccc(C#N)c(C(F)(F)F)c2)C(=S)N1CCCOc1ccc2ccncc2c1. The highest BCUT2D eigenvalue weighted by molar-refractivity contribution is 7.80. The number of anilines is 1. The van der Waals surface area contributed by atoms with Gasteiger partial charge in [0.05, 0.1) is 29.5 Å². The Kier molecular flexibility index (Phi) is 6.38. The van der Waals surface area contributed by atoms with Gasteiger partial charge in [-0.2, -0.15) is 18.4 Å². The van der Waals surface area contributed by atoms with Gasteiger partial charge in [-0.1, -0.05) is 6.07 Å². The number of benzene rings is 2. The number of nitriles is 1. The Balaban J connectivity index is 1.47. The number of hydrogen-bond donors (Lipinski definition) is 0. The van der Waals surface area contributed by atoms with Crippen LogP contribution in [0.5, 0.6) is 5.75 Å². The zero-order valence-electron chi connectivity index (χ0n) is 19.0. The van der Waals surface area contributed by atoms with Gasteiger partial charge in [0, 0.05) is 24.3 Å². The van der Waals surface area contributed by atoms with Crippen molar-refractivity contribution in [2.45, 2.75) is 32.0 Å². The second-order valence-corrected chi connectivity index (χ2v) is 8.93. The van der Waals surface area contributed by atoms with Gasteiger partial charge < -0.3 is 9.64 Å². The Morgan fingerprint density at radius 3 is 2.63 bits per heavy atom. The second-order valence-electron chi connectivity index (χ2n) is 8.56. The molecule has 1 saturated heterocycles. The largest absolute Gasteiger partial charge is 0.494 e. The number of thiocarbonyl (C=S) groups is 1. The first-order valence-corrected chi connectivity index (χ1v) is 11.2. The number of hydrogen-bond acceptors (Lipinski definition) is 5. The van der Waals surface area contributed by atoms with E-state index in [1.807, 2.05) is 24.3 Å². The van der Waals surface area contributed by atoms with Crippen molar-refractivity contribution >= 4 is 39.7 Å². The monoisotopic (exact) mass is 498 g/mol. The molecule has 2 aromatic carbocycles. The molecule has 0 bridgehead atoms. The standard InChI is InChI=1S/C25H21F3N4O2S/c1-24(2)22(33)32(19-6-4-17(14-29)21(13-19)25(26,27)28)23(35)31(24)10-3-11-34-20-7-5-16-8-9-30-15-18(16)12-20/h4-9,12-13,15H,3,10-11H2,1-2H3. The van der Waals surface area contributed by atoms with E-state index in [9.17, 15) is 18.0 Å². The van der Waals surface area contributed by atoms with Gasteiger partial charge in [-0.15, -0.1) is 0 Å². The molecule has 2 heterocycles. The third-order valence-corrected chi connectivity index (χ3v) is 6.32. The van der Waals surface area contributed by atoms with Gasteiger partial charge in [0.1, 0.15) is 11.3 Å². The predicted molar refractivity (Wildman–Crippen MR) is 129 cm³/mol. The van der Waals surface area contributed by atoms with Crippen molar-refractivity contribution in [3.8, 4) is 11.8 Å². The fraction of sp³-hybridized carbons (Fsp3) is 0.280. The lowest BCUT2D eigenvalue weighted by Gasteiger charge is -2.29. The minimum Gasteiger partial charge on any atom is -0.494 e. The summed E-state index contributed by atoms with van der Waals surface area (Å²) in [5.74, 6) is 0.243. The van der Waals surface area contributed by atoms with Crippen LogP contribution < -0.4 is 9.64 Å². The van der Waals surface area contributed by atoms with Crippen LogP contribution >= 0.6 is 12.2 Å². The maximum Gasteiger partial charge on any atom is 0.417 e. The molecule has 1 aliphatic heterocycles. The van der Waals surface area contributed by atoms with Crippen molar-refractivity contribution in [2.75, 3.05) is 18.1 Å². The zero-order valence-corrected chi connectivity index (χ0v) is 19.8. The lowest BCUT2D eigenvalue weighted by Crippen LogP contribution is -2.44. The number of rotatable bonds is 6. The number of alkyl halides is 3. The highest BCUT2D eigenvalue weighted by Crippen LogP contribution is 2.37. The summed E-state index contributed by atoms with van der Waals surface area (Å²) in [6.45, 7) is 4.07. The van der Waals surface area contributed by atoms with Gasteiger partial charge in [0.25, 0.3) is 5.91 Å². The van der Waals surface area contributed by atoms with Crippen LogP contribution in [0, 0.1) is 11.3 Å². The van der Waals surface area contributed by atoms with Crippen molar-refractivity contribution in [3.05, 3.63) is 66.0 Å². The summed E-state index contributed by atoms with van der Waals surface area (Å²) in [7, 11) is 0. The van der Waals surface area contributed by atoms with Gasteiger partial charge in [-0.3, -0.25) is 14.7 Å². The number of aromatic nitrogens is 1. The minimum absolute atomic E-state index is 0.0251. The molecule has 180 valence electrons. The molecule has 1 aliphatic rings. The van der Waals surface area contributed by atoms with Crippen molar-refractivity contribution in [3.63, 3.8) is 0 Å². The smallest absolute Gasteiger partial charge is 0.417 e. The van der Waals surface area contributed by atoms with E-state index in [0.717, 1.165) is 27.8 Å². The Labute approximate surface area is 205 Å². The number of ether oxygens (including phenoxy) is 1. The molecule has 6 nitrogen and oxygen atoms in total. The summed E-state index contributed by atoms with van der Waals surface area (Å²) < 4.78 is 46.2. The molecule has 0 atom stereocenters. The number of fused-ring (bicyclic) bond motifs is 1. The van der Waals surface area contributed by atoms with Crippen molar-refractivity contribution in [1.29, 1.82) is 5.26 Å². The zero-order chi connectivity index (χ0) is 25.4. The summed E-state index contributed by atoms with van der Waals surface area (Å²) in [6, 6.07) is 12.3. The van der Waals surface area contributed by atoms with Crippen LogP contribution in [0.15, 0.2) is 54.9 Å². The normalized spacial score (nSPS) is 15.5. The van der Waals surface area contributed by atoms with Gasteiger partial charge >= 0.3 is 6.18 Å². The minimum atomic E-state index is -4.74. The summed E-state index contributed by atoms with van der Waals surface area (Å²) in [5.41, 5.74) is -2.71.